The average molecular weight is 392 g/mol. The normalized spacial score (nSPS) is 15.3. The van der Waals surface area contributed by atoms with E-state index in [1.807, 2.05) is 6.07 Å². The van der Waals surface area contributed by atoms with E-state index in [-0.39, 0.29) is 29.3 Å². The zero-order valence-electron chi connectivity index (χ0n) is 15.9. The summed E-state index contributed by atoms with van der Waals surface area (Å²) >= 11 is 0. The molecule has 1 aromatic carbocycles. The van der Waals surface area contributed by atoms with Gasteiger partial charge in [-0.1, -0.05) is 6.58 Å². The van der Waals surface area contributed by atoms with Crippen molar-refractivity contribution in [3.63, 3.8) is 0 Å². The highest BCUT2D eigenvalue weighted by Crippen LogP contribution is 2.20. The molecule has 9 heteroatoms. The van der Waals surface area contributed by atoms with Gasteiger partial charge in [0.05, 0.1) is 13.3 Å². The predicted molar refractivity (Wildman–Crippen MR) is 106 cm³/mol. The Morgan fingerprint density at radius 2 is 2.14 bits per heavy atom. The molecule has 0 spiro atoms. The third-order valence-electron chi connectivity index (χ3n) is 4.46. The number of hydrogen-bond donors (Lipinski definition) is 2. The number of aromatic nitrogens is 2. The fourth-order valence-corrected chi connectivity index (χ4v) is 2.99. The highest BCUT2D eigenvalue weighted by Gasteiger charge is 2.27. The quantitative estimate of drug-likeness (QED) is 0.719. The van der Waals surface area contributed by atoms with Gasteiger partial charge in [-0.05, 0) is 36.8 Å². The van der Waals surface area contributed by atoms with Crippen LogP contribution in [0.5, 0.6) is 5.88 Å². The number of ether oxygens (including phenoxy) is 1. The van der Waals surface area contributed by atoms with Gasteiger partial charge in [0.25, 0.3) is 5.91 Å². The van der Waals surface area contributed by atoms with Crippen LogP contribution in [0.25, 0.3) is 0 Å². The molecule has 0 saturated carbocycles. The average Bonchev–Trinajstić information content (AvgIpc) is 3.22. The van der Waals surface area contributed by atoms with Crippen LogP contribution in [-0.4, -0.2) is 52.9 Å². The summed E-state index contributed by atoms with van der Waals surface area (Å²) in [5.74, 6) is 0.162. The number of likely N-dealkylation sites (tertiary alicyclic amines) is 1. The second-order valence-electron chi connectivity index (χ2n) is 6.38. The Hall–Kier alpha value is -3.93. The predicted octanol–water partition coefficient (Wildman–Crippen LogP) is 1.81. The van der Waals surface area contributed by atoms with Gasteiger partial charge in [0.15, 0.2) is 0 Å². The number of methoxy groups -OCH3 is 1. The number of rotatable bonds is 6. The third-order valence-corrected chi connectivity index (χ3v) is 4.46. The van der Waals surface area contributed by atoms with Crippen molar-refractivity contribution in [3.8, 4) is 11.9 Å². The Morgan fingerprint density at radius 3 is 2.79 bits per heavy atom. The van der Waals surface area contributed by atoms with Gasteiger partial charge >= 0.3 is 0 Å². The van der Waals surface area contributed by atoms with Crippen molar-refractivity contribution in [2.75, 3.05) is 30.8 Å². The molecule has 2 heterocycles. The molecule has 1 atom stereocenters. The van der Waals surface area contributed by atoms with Crippen LogP contribution in [0.4, 0.5) is 11.6 Å². The number of carbonyl (C=O) groups is 2. The van der Waals surface area contributed by atoms with Crippen molar-refractivity contribution in [2.24, 2.45) is 0 Å². The smallest absolute Gasteiger partial charge is 0.253 e. The van der Waals surface area contributed by atoms with Crippen LogP contribution in [0.1, 0.15) is 22.3 Å². The lowest BCUT2D eigenvalue weighted by molar-refractivity contribution is -0.111. The number of nitrogens with one attached hydrogen (secondary N) is 2. The largest absolute Gasteiger partial charge is 0.480 e. The topological polar surface area (TPSA) is 120 Å². The lowest BCUT2D eigenvalue weighted by Gasteiger charge is -2.17. The number of anilines is 2. The molecule has 9 nitrogen and oxygen atoms in total. The van der Waals surface area contributed by atoms with E-state index in [1.54, 1.807) is 29.2 Å². The Bertz CT molecular complexity index is 967. The molecule has 1 aliphatic rings. The molecule has 2 aromatic rings. The number of nitrogens with zero attached hydrogens (tertiary/aromatic N) is 4. The first-order valence-corrected chi connectivity index (χ1v) is 8.94. The van der Waals surface area contributed by atoms with Crippen molar-refractivity contribution in [2.45, 2.75) is 12.5 Å². The molecule has 0 bridgehead atoms. The van der Waals surface area contributed by atoms with Gasteiger partial charge < -0.3 is 20.3 Å². The van der Waals surface area contributed by atoms with Crippen molar-refractivity contribution in [3.05, 3.63) is 54.2 Å². The van der Waals surface area contributed by atoms with Crippen molar-refractivity contribution >= 4 is 23.5 Å². The molecule has 1 fully saturated rings. The molecule has 1 aromatic heterocycles. The summed E-state index contributed by atoms with van der Waals surface area (Å²) in [6.45, 7) is 4.50. The molecule has 29 heavy (non-hydrogen) atoms. The minimum atomic E-state index is -0.306. The number of nitriles is 1. The van der Waals surface area contributed by atoms with E-state index in [0.29, 0.717) is 30.3 Å². The number of carbonyl (C=O) groups excluding carboxylic acids is 2. The minimum Gasteiger partial charge on any atom is -0.480 e. The van der Waals surface area contributed by atoms with Gasteiger partial charge in [0.2, 0.25) is 17.7 Å². The summed E-state index contributed by atoms with van der Waals surface area (Å²) in [5.41, 5.74) is 1.40. The number of hydrogen-bond acceptors (Lipinski definition) is 7. The van der Waals surface area contributed by atoms with Crippen LogP contribution in [0.2, 0.25) is 0 Å². The highest BCUT2D eigenvalue weighted by molar-refractivity contribution is 5.99. The maximum absolute atomic E-state index is 12.7. The molecule has 2 amide bonds. The van der Waals surface area contributed by atoms with Crippen LogP contribution >= 0.6 is 0 Å². The van der Waals surface area contributed by atoms with E-state index in [9.17, 15) is 9.59 Å². The summed E-state index contributed by atoms with van der Waals surface area (Å²) in [5, 5.41) is 14.8. The SMILES string of the molecule is C=CC(=O)Nc1ccc(C(=O)N2CC[C@H](Nc3ncc(C#N)c(OC)n3)C2)cc1. The lowest BCUT2D eigenvalue weighted by atomic mass is 10.2. The van der Waals surface area contributed by atoms with E-state index in [0.717, 1.165) is 6.42 Å². The molecule has 2 N–H and O–H groups in total. The highest BCUT2D eigenvalue weighted by atomic mass is 16.5. The molecule has 0 aliphatic carbocycles. The van der Waals surface area contributed by atoms with E-state index < -0.39 is 0 Å². The van der Waals surface area contributed by atoms with Crippen molar-refractivity contribution in [1.82, 2.24) is 14.9 Å². The molecule has 148 valence electrons. The summed E-state index contributed by atoms with van der Waals surface area (Å²) in [4.78, 5) is 34.1. The van der Waals surface area contributed by atoms with E-state index in [4.69, 9.17) is 10.00 Å². The first-order valence-electron chi connectivity index (χ1n) is 8.94. The molecule has 3 rings (SSSR count). The number of benzene rings is 1. The fourth-order valence-electron chi connectivity index (χ4n) is 2.99. The van der Waals surface area contributed by atoms with E-state index in [1.165, 1.54) is 19.4 Å². The molecule has 0 radical (unpaired) electrons. The summed E-state index contributed by atoms with van der Waals surface area (Å²) in [7, 11) is 1.44. The minimum absolute atomic E-state index is 0.0113. The molecule has 0 unspecified atom stereocenters. The monoisotopic (exact) mass is 392 g/mol. The maximum Gasteiger partial charge on any atom is 0.253 e. The lowest BCUT2D eigenvalue weighted by Crippen LogP contribution is -2.31. The molecular weight excluding hydrogens is 372 g/mol. The van der Waals surface area contributed by atoms with Crippen molar-refractivity contribution < 1.29 is 14.3 Å². The zero-order chi connectivity index (χ0) is 20.8. The Labute approximate surface area is 168 Å². The van der Waals surface area contributed by atoms with Gasteiger partial charge in [-0.3, -0.25) is 9.59 Å². The second-order valence-corrected chi connectivity index (χ2v) is 6.38. The van der Waals surface area contributed by atoms with Gasteiger partial charge in [-0.25, -0.2) is 4.98 Å². The maximum atomic E-state index is 12.7. The summed E-state index contributed by atoms with van der Waals surface area (Å²) < 4.78 is 5.09. The van der Waals surface area contributed by atoms with Crippen LogP contribution < -0.4 is 15.4 Å². The first kappa shape index (κ1) is 19.8. The van der Waals surface area contributed by atoms with Crippen molar-refractivity contribution in [1.29, 1.82) is 5.26 Å². The van der Waals surface area contributed by atoms with Crippen LogP contribution in [-0.2, 0) is 4.79 Å². The Balaban J connectivity index is 1.60. The van der Waals surface area contributed by atoms with Crippen LogP contribution in [0.15, 0.2) is 43.1 Å². The van der Waals surface area contributed by atoms with Gasteiger partial charge in [0.1, 0.15) is 11.6 Å². The van der Waals surface area contributed by atoms with Crippen LogP contribution in [0, 0.1) is 11.3 Å². The second kappa shape index (κ2) is 8.84. The van der Waals surface area contributed by atoms with Gasteiger partial charge in [-0.15, -0.1) is 0 Å². The molecular formula is C20H20N6O3. The van der Waals surface area contributed by atoms with Crippen LogP contribution in [0.3, 0.4) is 0 Å². The Morgan fingerprint density at radius 1 is 1.38 bits per heavy atom. The summed E-state index contributed by atoms with van der Waals surface area (Å²) in [6, 6.07) is 8.66. The zero-order valence-corrected chi connectivity index (χ0v) is 15.9. The first-order chi connectivity index (χ1) is 14.0. The number of amides is 2. The van der Waals surface area contributed by atoms with E-state index >= 15 is 0 Å². The molecule has 1 aliphatic heterocycles. The third kappa shape index (κ3) is 4.68. The van der Waals surface area contributed by atoms with Gasteiger partial charge in [0, 0.05) is 30.4 Å². The Kier molecular flexibility index (Phi) is 6.04. The summed E-state index contributed by atoms with van der Waals surface area (Å²) in [6.07, 6.45) is 3.33. The standard InChI is InChI=1S/C20H20N6O3/c1-3-17(27)23-15-6-4-13(5-7-15)19(28)26-9-8-16(12-26)24-20-22-11-14(10-21)18(25-20)29-2/h3-7,11,16H,1,8-9,12H2,2H3,(H,23,27)(H,22,24,25)/t16-/m0/s1. The van der Waals surface area contributed by atoms with E-state index in [2.05, 4.69) is 27.2 Å². The molecule has 1 saturated heterocycles. The van der Waals surface area contributed by atoms with Gasteiger partial charge in [-0.2, -0.15) is 10.2 Å². The fraction of sp³-hybridized carbons (Fsp3) is 0.250.